The van der Waals surface area contributed by atoms with E-state index in [1.807, 2.05) is 92.8 Å². The molecule has 0 radical (unpaired) electrons. The summed E-state index contributed by atoms with van der Waals surface area (Å²) in [5.74, 6) is -0.111. The monoisotopic (exact) mass is 381 g/mol. The second-order valence-corrected chi connectivity index (χ2v) is 7.13. The molecule has 1 heterocycles. The van der Waals surface area contributed by atoms with E-state index < -0.39 is 0 Å². The van der Waals surface area contributed by atoms with Crippen LogP contribution < -0.4 is 9.91 Å². The highest BCUT2D eigenvalue weighted by Crippen LogP contribution is 2.26. The molecule has 0 bridgehead atoms. The summed E-state index contributed by atoms with van der Waals surface area (Å²) >= 11 is 0. The van der Waals surface area contributed by atoms with Crippen LogP contribution in [0.25, 0.3) is 0 Å². The van der Waals surface area contributed by atoms with Gasteiger partial charge in [-0.25, -0.2) is 0 Å². The maximum atomic E-state index is 13.1. The lowest BCUT2D eigenvalue weighted by atomic mass is 10.1. The molecule has 0 aromatic heterocycles. The third-order valence-corrected chi connectivity index (χ3v) is 4.91. The van der Waals surface area contributed by atoms with Gasteiger partial charge in [-0.2, -0.15) is 10.1 Å². The summed E-state index contributed by atoms with van der Waals surface area (Å²) in [6, 6.07) is 28.1. The van der Waals surface area contributed by atoms with Crippen molar-refractivity contribution in [2.45, 2.75) is 20.4 Å². The van der Waals surface area contributed by atoms with E-state index in [1.54, 1.807) is 0 Å². The fourth-order valence-corrected chi connectivity index (χ4v) is 3.29. The molecule has 144 valence electrons. The first-order valence-corrected chi connectivity index (χ1v) is 9.66. The predicted octanol–water partition coefficient (Wildman–Crippen LogP) is 5.31. The van der Waals surface area contributed by atoms with Crippen LogP contribution in [0.3, 0.4) is 0 Å². The summed E-state index contributed by atoms with van der Waals surface area (Å²) in [5.41, 5.74) is 5.43. The molecule has 4 heteroatoms. The van der Waals surface area contributed by atoms with Gasteiger partial charge in [-0.1, -0.05) is 66.2 Å². The van der Waals surface area contributed by atoms with Crippen LogP contribution in [0.15, 0.2) is 102 Å². The molecule has 1 aliphatic heterocycles. The van der Waals surface area contributed by atoms with Crippen molar-refractivity contribution in [1.29, 1.82) is 0 Å². The molecule has 0 fully saturated rings. The molecule has 0 saturated heterocycles. The van der Waals surface area contributed by atoms with Crippen LogP contribution in [-0.2, 0) is 11.3 Å². The van der Waals surface area contributed by atoms with Crippen LogP contribution in [0.4, 0.5) is 11.4 Å². The van der Waals surface area contributed by atoms with Gasteiger partial charge in [0.2, 0.25) is 0 Å². The largest absolute Gasteiger partial charge is 0.343 e. The van der Waals surface area contributed by atoms with Crippen molar-refractivity contribution in [2.75, 3.05) is 9.91 Å². The van der Waals surface area contributed by atoms with Crippen LogP contribution >= 0.6 is 0 Å². The average Bonchev–Trinajstić information content (AvgIpc) is 3.03. The predicted molar refractivity (Wildman–Crippen MR) is 119 cm³/mol. The maximum absolute atomic E-state index is 13.1. The summed E-state index contributed by atoms with van der Waals surface area (Å²) < 4.78 is 0. The zero-order chi connectivity index (χ0) is 20.2. The van der Waals surface area contributed by atoms with Gasteiger partial charge in [0.15, 0.2) is 0 Å². The van der Waals surface area contributed by atoms with Gasteiger partial charge < -0.3 is 4.90 Å². The summed E-state index contributed by atoms with van der Waals surface area (Å²) in [4.78, 5) is 15.2. The van der Waals surface area contributed by atoms with E-state index in [2.05, 4.69) is 22.1 Å². The van der Waals surface area contributed by atoms with E-state index in [4.69, 9.17) is 0 Å². The zero-order valence-corrected chi connectivity index (χ0v) is 16.6. The van der Waals surface area contributed by atoms with E-state index >= 15 is 0 Å². The van der Waals surface area contributed by atoms with Gasteiger partial charge >= 0.3 is 0 Å². The highest BCUT2D eigenvalue weighted by Gasteiger charge is 2.29. The Morgan fingerprint density at radius 2 is 1.48 bits per heavy atom. The van der Waals surface area contributed by atoms with Crippen LogP contribution in [0.2, 0.25) is 0 Å². The average molecular weight is 381 g/mol. The Hall–Kier alpha value is -3.66. The number of carbonyl (C=O) groups excluding carboxylic acids is 1. The molecular formula is C25H23N3O. The highest BCUT2D eigenvalue weighted by atomic mass is 16.2. The summed E-state index contributed by atoms with van der Waals surface area (Å²) in [7, 11) is 0. The number of nitrogens with zero attached hydrogens (tertiary/aromatic N) is 3. The van der Waals surface area contributed by atoms with Crippen molar-refractivity contribution < 1.29 is 4.79 Å². The number of carbonyl (C=O) groups is 1. The van der Waals surface area contributed by atoms with Crippen molar-refractivity contribution in [3.8, 4) is 0 Å². The van der Waals surface area contributed by atoms with Gasteiger partial charge in [0.25, 0.3) is 5.91 Å². The lowest BCUT2D eigenvalue weighted by molar-refractivity contribution is -0.114. The van der Waals surface area contributed by atoms with Crippen molar-refractivity contribution in [3.05, 3.63) is 108 Å². The first kappa shape index (κ1) is 18.7. The van der Waals surface area contributed by atoms with Crippen molar-refractivity contribution >= 4 is 23.0 Å². The number of amides is 1. The minimum Gasteiger partial charge on any atom is -0.343 e. The van der Waals surface area contributed by atoms with Gasteiger partial charge in [0.1, 0.15) is 0 Å². The number of anilines is 2. The Morgan fingerprint density at radius 3 is 2.14 bits per heavy atom. The van der Waals surface area contributed by atoms with E-state index in [0.717, 1.165) is 16.9 Å². The SMILES string of the molecule is CC1=NN(c2ccc(C)cc2)C(=O)C1=CN(Cc1ccccc1)c1ccccc1. The van der Waals surface area contributed by atoms with Gasteiger partial charge in [0, 0.05) is 18.4 Å². The summed E-state index contributed by atoms with van der Waals surface area (Å²) in [5, 5.41) is 5.99. The van der Waals surface area contributed by atoms with E-state index in [-0.39, 0.29) is 5.91 Å². The Bertz CT molecular complexity index is 1050. The van der Waals surface area contributed by atoms with Gasteiger partial charge in [-0.05, 0) is 43.7 Å². The number of hydrogen-bond acceptors (Lipinski definition) is 3. The van der Waals surface area contributed by atoms with Crippen LogP contribution in [-0.4, -0.2) is 11.6 Å². The number of aryl methyl sites for hydroxylation is 1. The van der Waals surface area contributed by atoms with Crippen LogP contribution in [0.1, 0.15) is 18.1 Å². The lowest BCUT2D eigenvalue weighted by Crippen LogP contribution is -2.24. The molecule has 4 nitrogen and oxygen atoms in total. The normalized spacial score (nSPS) is 15.0. The molecule has 0 atom stereocenters. The number of benzene rings is 3. The quantitative estimate of drug-likeness (QED) is 0.562. The number of para-hydroxylation sites is 1. The molecule has 3 aromatic rings. The summed E-state index contributed by atoms with van der Waals surface area (Å²) in [6.07, 6.45) is 1.91. The molecule has 3 aromatic carbocycles. The Balaban J connectivity index is 1.67. The summed E-state index contributed by atoms with van der Waals surface area (Å²) in [6.45, 7) is 4.57. The van der Waals surface area contributed by atoms with Gasteiger partial charge in [-0.3, -0.25) is 4.79 Å². The van der Waals surface area contributed by atoms with Crippen molar-refractivity contribution in [3.63, 3.8) is 0 Å². The number of rotatable bonds is 5. The fraction of sp³-hybridized carbons (Fsp3) is 0.120. The second kappa shape index (κ2) is 8.15. The molecule has 29 heavy (non-hydrogen) atoms. The molecule has 4 rings (SSSR count). The molecule has 1 amide bonds. The molecule has 0 N–H and O–H groups in total. The molecular weight excluding hydrogens is 358 g/mol. The third kappa shape index (κ3) is 4.11. The van der Waals surface area contributed by atoms with Crippen molar-refractivity contribution in [2.24, 2.45) is 5.10 Å². The zero-order valence-electron chi connectivity index (χ0n) is 16.6. The van der Waals surface area contributed by atoms with Gasteiger partial charge in [-0.15, -0.1) is 0 Å². The fourth-order valence-electron chi connectivity index (χ4n) is 3.29. The minimum atomic E-state index is -0.111. The Kier molecular flexibility index (Phi) is 5.25. The molecule has 0 aliphatic carbocycles. The topological polar surface area (TPSA) is 35.9 Å². The molecule has 0 spiro atoms. The molecule has 1 aliphatic rings. The number of hydrazone groups is 1. The number of hydrogen-bond donors (Lipinski definition) is 0. The highest BCUT2D eigenvalue weighted by molar-refractivity contribution is 6.29. The third-order valence-electron chi connectivity index (χ3n) is 4.91. The second-order valence-electron chi connectivity index (χ2n) is 7.13. The van der Waals surface area contributed by atoms with Crippen LogP contribution in [0.5, 0.6) is 0 Å². The van der Waals surface area contributed by atoms with Crippen molar-refractivity contribution in [1.82, 2.24) is 0 Å². The molecule has 0 saturated carbocycles. The van der Waals surface area contributed by atoms with Gasteiger partial charge in [0.05, 0.1) is 17.0 Å². The molecule has 0 unspecified atom stereocenters. The Morgan fingerprint density at radius 1 is 0.862 bits per heavy atom. The first-order valence-electron chi connectivity index (χ1n) is 9.66. The minimum absolute atomic E-state index is 0.111. The van der Waals surface area contributed by atoms with E-state index in [0.29, 0.717) is 17.8 Å². The first-order chi connectivity index (χ1) is 14.1. The maximum Gasteiger partial charge on any atom is 0.282 e. The lowest BCUT2D eigenvalue weighted by Gasteiger charge is -2.22. The van der Waals surface area contributed by atoms with Crippen LogP contribution in [0, 0.1) is 6.92 Å². The van der Waals surface area contributed by atoms with E-state index in [1.165, 1.54) is 10.6 Å². The van der Waals surface area contributed by atoms with E-state index in [9.17, 15) is 4.79 Å². The standard InChI is InChI=1S/C25H23N3O/c1-19-13-15-23(16-14-19)28-25(29)24(20(2)26-28)18-27(22-11-7-4-8-12-22)17-21-9-5-3-6-10-21/h3-16,18H,17H2,1-2H3. The Labute approximate surface area is 171 Å². The smallest absolute Gasteiger partial charge is 0.282 e.